The molecule has 0 spiro atoms. The number of methoxy groups -OCH3 is 1. The summed E-state index contributed by atoms with van der Waals surface area (Å²) in [5.41, 5.74) is 0.898. The van der Waals surface area contributed by atoms with E-state index in [0.717, 1.165) is 17.7 Å². The number of carbonyl (C=O) groups is 1. The summed E-state index contributed by atoms with van der Waals surface area (Å²) in [6.07, 6.45) is -0.711. The lowest BCUT2D eigenvalue weighted by atomic mass is 10.2. The quantitative estimate of drug-likeness (QED) is 0.805. The predicted molar refractivity (Wildman–Crippen MR) is 89.6 cm³/mol. The molecule has 1 amide bonds. The minimum atomic E-state index is -4.34. The molecular weight excluding hydrogens is 353 g/mol. The molecule has 2 aromatic rings. The highest BCUT2D eigenvalue weighted by atomic mass is 32.2. The number of alkyl halides is 3. The van der Waals surface area contributed by atoms with Crippen molar-refractivity contribution < 1.29 is 22.7 Å². The average molecular weight is 370 g/mol. The molecule has 1 aliphatic rings. The van der Waals surface area contributed by atoms with Crippen molar-refractivity contribution >= 4 is 17.7 Å². The molecule has 8 heteroatoms. The molecule has 1 fully saturated rings. The van der Waals surface area contributed by atoms with E-state index < -0.39 is 11.7 Å². The molecule has 1 saturated heterocycles. The third-order valence-corrected chi connectivity index (χ3v) is 5.25. The number of benzene rings is 1. The number of carbonyl (C=O) groups excluding carboxylic acids is 1. The van der Waals surface area contributed by atoms with E-state index in [1.807, 2.05) is 12.3 Å². The van der Waals surface area contributed by atoms with Crippen LogP contribution in [0.4, 0.5) is 13.2 Å². The third-order valence-electron chi connectivity index (χ3n) is 4.00. The van der Waals surface area contributed by atoms with E-state index in [1.165, 1.54) is 23.9 Å². The normalized spacial score (nSPS) is 18.2. The van der Waals surface area contributed by atoms with Crippen molar-refractivity contribution in [2.24, 2.45) is 0 Å². The Morgan fingerprint density at radius 1 is 1.24 bits per heavy atom. The molecule has 3 rings (SSSR count). The summed E-state index contributed by atoms with van der Waals surface area (Å²) in [6.45, 7) is 0.973. The standard InChI is InChI=1S/C17H17F3N2O2S/c1-24-9-8-22-15(23)11-25-16(22)12-6-7-21(10-12)14-4-2-13(3-5-14)17(18,19)20/h2-7,10,16H,8-9,11H2,1H3. The molecular formula is C17H17F3N2O2S. The van der Waals surface area contributed by atoms with Gasteiger partial charge in [-0.2, -0.15) is 13.2 Å². The molecule has 1 aliphatic heterocycles. The molecule has 1 unspecified atom stereocenters. The first-order chi connectivity index (χ1) is 11.9. The number of rotatable bonds is 5. The smallest absolute Gasteiger partial charge is 0.383 e. The molecule has 2 heterocycles. The van der Waals surface area contributed by atoms with E-state index in [2.05, 4.69) is 0 Å². The Labute approximate surface area is 147 Å². The number of hydrogen-bond acceptors (Lipinski definition) is 3. The summed E-state index contributed by atoms with van der Waals surface area (Å²) in [4.78, 5) is 13.8. The summed E-state index contributed by atoms with van der Waals surface area (Å²) in [6, 6.07) is 6.87. The second kappa shape index (κ2) is 7.13. The second-order valence-electron chi connectivity index (χ2n) is 5.64. The molecule has 0 saturated carbocycles. The summed E-state index contributed by atoms with van der Waals surface area (Å²) in [5, 5.41) is -0.0988. The average Bonchev–Trinajstić information content (AvgIpc) is 3.19. The van der Waals surface area contributed by atoms with Crippen molar-refractivity contribution in [3.8, 4) is 5.69 Å². The third kappa shape index (κ3) is 3.85. The lowest BCUT2D eigenvalue weighted by Crippen LogP contribution is -2.31. The minimum absolute atomic E-state index is 0.0642. The molecule has 134 valence electrons. The number of ether oxygens (including phenoxy) is 1. The molecule has 0 aliphatic carbocycles. The second-order valence-corrected chi connectivity index (χ2v) is 6.71. The first-order valence-electron chi connectivity index (χ1n) is 7.65. The van der Waals surface area contributed by atoms with Gasteiger partial charge in [0.15, 0.2) is 0 Å². The zero-order valence-corrected chi connectivity index (χ0v) is 14.3. The van der Waals surface area contributed by atoms with Gasteiger partial charge in [-0.05, 0) is 30.3 Å². The van der Waals surface area contributed by atoms with E-state index in [4.69, 9.17) is 4.74 Å². The molecule has 4 nitrogen and oxygen atoms in total. The number of hydrogen-bond donors (Lipinski definition) is 0. The topological polar surface area (TPSA) is 34.5 Å². The molecule has 25 heavy (non-hydrogen) atoms. The first-order valence-corrected chi connectivity index (χ1v) is 8.70. The molecule has 1 aromatic heterocycles. The fourth-order valence-electron chi connectivity index (χ4n) is 2.70. The SMILES string of the molecule is COCCN1C(=O)CSC1c1ccn(-c2ccc(C(F)(F)F)cc2)c1. The van der Waals surface area contributed by atoms with Crippen molar-refractivity contribution in [2.45, 2.75) is 11.6 Å². The van der Waals surface area contributed by atoms with Gasteiger partial charge in [0, 0.05) is 37.3 Å². The summed E-state index contributed by atoms with van der Waals surface area (Å²) in [7, 11) is 1.59. The van der Waals surface area contributed by atoms with Gasteiger partial charge in [0.1, 0.15) is 5.37 Å². The predicted octanol–water partition coefficient (Wildman–Crippen LogP) is 3.72. The van der Waals surface area contributed by atoms with Crippen molar-refractivity contribution in [3.63, 3.8) is 0 Å². The summed E-state index contributed by atoms with van der Waals surface area (Å²) < 4.78 is 44.8. The molecule has 0 bridgehead atoms. The van der Waals surface area contributed by atoms with Gasteiger partial charge >= 0.3 is 6.18 Å². The number of aromatic nitrogens is 1. The lowest BCUT2D eigenvalue weighted by Gasteiger charge is -2.22. The highest BCUT2D eigenvalue weighted by molar-refractivity contribution is 8.00. The molecule has 1 atom stereocenters. The van der Waals surface area contributed by atoms with Crippen molar-refractivity contribution in [3.05, 3.63) is 53.9 Å². The zero-order chi connectivity index (χ0) is 18.0. The highest BCUT2D eigenvalue weighted by Gasteiger charge is 2.33. The van der Waals surface area contributed by atoms with Gasteiger partial charge in [0.25, 0.3) is 0 Å². The lowest BCUT2D eigenvalue weighted by molar-refractivity contribution is -0.137. The van der Waals surface area contributed by atoms with E-state index >= 15 is 0 Å². The number of nitrogens with zero attached hydrogens (tertiary/aromatic N) is 2. The largest absolute Gasteiger partial charge is 0.416 e. The van der Waals surface area contributed by atoms with Crippen molar-refractivity contribution in [1.29, 1.82) is 0 Å². The Bertz CT molecular complexity index is 743. The maximum Gasteiger partial charge on any atom is 0.416 e. The van der Waals surface area contributed by atoms with Crippen LogP contribution in [0, 0.1) is 0 Å². The van der Waals surface area contributed by atoms with Gasteiger partial charge in [0.05, 0.1) is 17.9 Å². The number of amides is 1. The van der Waals surface area contributed by atoms with Crippen LogP contribution in [0.15, 0.2) is 42.7 Å². The minimum Gasteiger partial charge on any atom is -0.383 e. The number of thioether (sulfide) groups is 1. The van der Waals surface area contributed by atoms with Crippen LogP contribution in [0.25, 0.3) is 5.69 Å². The van der Waals surface area contributed by atoms with Gasteiger partial charge in [-0.15, -0.1) is 11.8 Å². The number of halogens is 3. The van der Waals surface area contributed by atoms with Gasteiger partial charge in [-0.25, -0.2) is 0 Å². The Hall–Kier alpha value is -1.93. The van der Waals surface area contributed by atoms with Gasteiger partial charge < -0.3 is 14.2 Å². The monoisotopic (exact) mass is 370 g/mol. The summed E-state index contributed by atoms with van der Waals surface area (Å²) >= 11 is 1.54. The van der Waals surface area contributed by atoms with Crippen LogP contribution >= 0.6 is 11.8 Å². The summed E-state index contributed by atoms with van der Waals surface area (Å²) in [5.74, 6) is 0.481. The van der Waals surface area contributed by atoms with Crippen LogP contribution in [0.3, 0.4) is 0 Å². The van der Waals surface area contributed by atoms with E-state index in [-0.39, 0.29) is 11.3 Å². The maximum atomic E-state index is 12.7. The van der Waals surface area contributed by atoms with Crippen molar-refractivity contribution in [1.82, 2.24) is 9.47 Å². The molecule has 1 aromatic carbocycles. The highest BCUT2D eigenvalue weighted by Crippen LogP contribution is 2.39. The Kier molecular flexibility index (Phi) is 5.10. The Morgan fingerprint density at radius 3 is 2.60 bits per heavy atom. The van der Waals surface area contributed by atoms with Crippen LogP contribution in [-0.2, 0) is 15.7 Å². The zero-order valence-electron chi connectivity index (χ0n) is 13.5. The van der Waals surface area contributed by atoms with Gasteiger partial charge in [-0.1, -0.05) is 0 Å². The van der Waals surface area contributed by atoms with Crippen molar-refractivity contribution in [2.75, 3.05) is 26.0 Å². The molecule has 0 N–H and O–H groups in total. The van der Waals surface area contributed by atoms with Crippen LogP contribution in [0.5, 0.6) is 0 Å². The fourth-order valence-corrected chi connectivity index (χ4v) is 3.90. The van der Waals surface area contributed by atoms with E-state index in [1.54, 1.807) is 22.8 Å². The van der Waals surface area contributed by atoms with Crippen LogP contribution < -0.4 is 0 Å². The molecule has 0 radical (unpaired) electrons. The Balaban J connectivity index is 1.79. The van der Waals surface area contributed by atoms with Gasteiger partial charge in [-0.3, -0.25) is 4.79 Å². The van der Waals surface area contributed by atoms with Gasteiger partial charge in [0.2, 0.25) is 5.91 Å². The maximum absolute atomic E-state index is 12.7. The van der Waals surface area contributed by atoms with E-state index in [0.29, 0.717) is 24.6 Å². The van der Waals surface area contributed by atoms with E-state index in [9.17, 15) is 18.0 Å². The van der Waals surface area contributed by atoms with Crippen LogP contribution in [-0.4, -0.2) is 41.4 Å². The fraction of sp³-hybridized carbons (Fsp3) is 0.353. The first kappa shape index (κ1) is 17.9. The Morgan fingerprint density at radius 2 is 1.96 bits per heavy atom. The van der Waals surface area contributed by atoms with Crippen LogP contribution in [0.1, 0.15) is 16.5 Å². The van der Waals surface area contributed by atoms with Crippen LogP contribution in [0.2, 0.25) is 0 Å².